The van der Waals surface area contributed by atoms with Crippen molar-refractivity contribution in [2.24, 2.45) is 0 Å². The van der Waals surface area contributed by atoms with Gasteiger partial charge >= 0.3 is 0 Å². The molecule has 1 aliphatic rings. The van der Waals surface area contributed by atoms with Crippen molar-refractivity contribution in [2.45, 2.75) is 45.4 Å². The molecule has 2 heterocycles. The van der Waals surface area contributed by atoms with Crippen LogP contribution in [0.25, 0.3) is 32.8 Å². The number of nitrogens with zero attached hydrogens (tertiary/aromatic N) is 2. The van der Waals surface area contributed by atoms with E-state index in [1.165, 1.54) is 43.8 Å². The maximum Gasteiger partial charge on any atom is 0.0786 e. The molecule has 27 heavy (non-hydrogen) atoms. The highest BCUT2D eigenvalue weighted by atomic mass is 14.7. The fourth-order valence-corrected chi connectivity index (χ4v) is 4.44. The molecule has 0 N–H and O–H groups in total. The van der Waals surface area contributed by atoms with Gasteiger partial charge in [-0.25, -0.2) is 0 Å². The van der Waals surface area contributed by atoms with Crippen molar-refractivity contribution in [1.82, 2.24) is 9.97 Å². The SMILES string of the molecule is CC(C)(C)c1cc2c3c(nccc3c1)-c1cc3ccncc3cc1C2(C)C. The maximum atomic E-state index is 4.83. The molecule has 5 rings (SSSR count). The molecule has 0 spiro atoms. The molecule has 0 saturated heterocycles. The molecule has 134 valence electrons. The van der Waals surface area contributed by atoms with E-state index in [1.54, 1.807) is 0 Å². The molecule has 4 aromatic rings. The van der Waals surface area contributed by atoms with E-state index in [1.807, 2.05) is 18.6 Å². The minimum Gasteiger partial charge on any atom is -0.264 e. The third kappa shape index (κ3) is 2.26. The standard InChI is InChI=1S/C25H24N2/c1-24(2,3)18-10-16-7-9-27-23-19-11-15-6-8-26-14-17(15)12-20(19)25(4,5)21(13-18)22(16)23/h6-14H,1-5H3. The Kier molecular flexibility index (Phi) is 3.14. The van der Waals surface area contributed by atoms with E-state index in [-0.39, 0.29) is 10.8 Å². The molecular weight excluding hydrogens is 328 g/mol. The quantitative estimate of drug-likeness (QED) is 0.366. The Bertz CT molecular complexity index is 1230. The highest BCUT2D eigenvalue weighted by Crippen LogP contribution is 2.49. The van der Waals surface area contributed by atoms with Gasteiger partial charge in [-0.3, -0.25) is 9.97 Å². The third-order valence-corrected chi connectivity index (χ3v) is 6.11. The van der Waals surface area contributed by atoms with Crippen LogP contribution < -0.4 is 0 Å². The predicted octanol–water partition coefficient (Wildman–Crippen LogP) is 6.39. The van der Waals surface area contributed by atoms with Crippen LogP contribution >= 0.6 is 0 Å². The highest BCUT2D eigenvalue weighted by Gasteiger charge is 2.35. The first-order valence-corrected chi connectivity index (χ1v) is 9.59. The van der Waals surface area contributed by atoms with Crippen molar-refractivity contribution in [3.05, 3.63) is 71.7 Å². The molecule has 0 radical (unpaired) electrons. The second kappa shape index (κ2) is 5.16. The van der Waals surface area contributed by atoms with Gasteiger partial charge < -0.3 is 0 Å². The van der Waals surface area contributed by atoms with E-state index in [2.05, 4.69) is 76.0 Å². The minimum atomic E-state index is -0.0884. The fraction of sp³-hybridized carbons (Fsp3) is 0.280. The van der Waals surface area contributed by atoms with E-state index >= 15 is 0 Å². The largest absolute Gasteiger partial charge is 0.264 e. The van der Waals surface area contributed by atoms with Gasteiger partial charge in [0.15, 0.2) is 0 Å². The smallest absolute Gasteiger partial charge is 0.0786 e. The second-order valence-electron chi connectivity index (χ2n) is 9.28. The fourth-order valence-electron chi connectivity index (χ4n) is 4.44. The summed E-state index contributed by atoms with van der Waals surface area (Å²) in [5.74, 6) is 0. The lowest BCUT2D eigenvalue weighted by Gasteiger charge is -2.36. The van der Waals surface area contributed by atoms with E-state index < -0.39 is 0 Å². The molecule has 2 aromatic heterocycles. The average Bonchev–Trinajstić information content (AvgIpc) is 2.64. The van der Waals surface area contributed by atoms with Crippen LogP contribution in [0.4, 0.5) is 0 Å². The van der Waals surface area contributed by atoms with Crippen molar-refractivity contribution in [2.75, 3.05) is 0 Å². The number of fused-ring (bicyclic) bond motifs is 3. The van der Waals surface area contributed by atoms with Crippen LogP contribution in [0.15, 0.2) is 55.0 Å². The molecule has 2 nitrogen and oxygen atoms in total. The van der Waals surface area contributed by atoms with Gasteiger partial charge in [-0.15, -0.1) is 0 Å². The third-order valence-electron chi connectivity index (χ3n) is 6.11. The summed E-state index contributed by atoms with van der Waals surface area (Å²) in [6.07, 6.45) is 5.77. The molecule has 0 amide bonds. The summed E-state index contributed by atoms with van der Waals surface area (Å²) in [6.45, 7) is 11.5. The van der Waals surface area contributed by atoms with Gasteiger partial charge in [-0.2, -0.15) is 0 Å². The van der Waals surface area contributed by atoms with Crippen LogP contribution in [0.1, 0.15) is 51.3 Å². The molecule has 2 aromatic carbocycles. The van der Waals surface area contributed by atoms with Crippen LogP contribution in [-0.4, -0.2) is 9.97 Å². The van der Waals surface area contributed by atoms with Crippen LogP contribution in [0, 0.1) is 0 Å². The Morgan fingerprint density at radius 2 is 1.59 bits per heavy atom. The normalized spacial score (nSPS) is 15.1. The first-order chi connectivity index (χ1) is 12.8. The van der Waals surface area contributed by atoms with E-state index in [4.69, 9.17) is 4.98 Å². The van der Waals surface area contributed by atoms with E-state index in [0.29, 0.717) is 0 Å². The van der Waals surface area contributed by atoms with Gasteiger partial charge in [0, 0.05) is 40.3 Å². The van der Waals surface area contributed by atoms with Gasteiger partial charge in [-0.1, -0.05) is 46.8 Å². The molecule has 0 aliphatic heterocycles. The Labute approximate surface area is 160 Å². The lowest BCUT2D eigenvalue weighted by molar-refractivity contribution is 0.584. The summed E-state index contributed by atoms with van der Waals surface area (Å²) in [6, 6.07) is 13.6. The molecule has 0 unspecified atom stereocenters. The van der Waals surface area contributed by atoms with E-state index in [9.17, 15) is 0 Å². The zero-order valence-electron chi connectivity index (χ0n) is 16.6. The van der Waals surface area contributed by atoms with Crippen molar-refractivity contribution in [1.29, 1.82) is 0 Å². The van der Waals surface area contributed by atoms with Crippen LogP contribution in [-0.2, 0) is 10.8 Å². The second-order valence-corrected chi connectivity index (χ2v) is 9.28. The monoisotopic (exact) mass is 352 g/mol. The molecule has 0 atom stereocenters. The highest BCUT2D eigenvalue weighted by molar-refractivity contribution is 6.04. The molecule has 0 fully saturated rings. The number of benzene rings is 2. The van der Waals surface area contributed by atoms with Gasteiger partial charge in [0.05, 0.1) is 5.69 Å². The number of hydrogen-bond donors (Lipinski definition) is 0. The Morgan fingerprint density at radius 3 is 2.37 bits per heavy atom. The van der Waals surface area contributed by atoms with Crippen molar-refractivity contribution < 1.29 is 0 Å². The number of rotatable bonds is 0. The molecule has 2 heteroatoms. The Hall–Kier alpha value is -2.74. The Morgan fingerprint density at radius 1 is 0.815 bits per heavy atom. The average molecular weight is 352 g/mol. The number of pyridine rings is 2. The zero-order valence-corrected chi connectivity index (χ0v) is 16.6. The summed E-state index contributed by atoms with van der Waals surface area (Å²) < 4.78 is 0. The first kappa shape index (κ1) is 16.4. The van der Waals surface area contributed by atoms with E-state index in [0.717, 1.165) is 5.69 Å². The van der Waals surface area contributed by atoms with Gasteiger partial charge in [-0.05, 0) is 57.1 Å². The van der Waals surface area contributed by atoms with Crippen LogP contribution in [0.5, 0.6) is 0 Å². The lowest BCUT2D eigenvalue weighted by Crippen LogP contribution is -2.25. The molecule has 0 saturated carbocycles. The Balaban J connectivity index is 1.96. The predicted molar refractivity (Wildman–Crippen MR) is 113 cm³/mol. The minimum absolute atomic E-state index is 0.0884. The maximum absolute atomic E-state index is 4.83. The van der Waals surface area contributed by atoms with Gasteiger partial charge in [0.25, 0.3) is 0 Å². The molecule has 0 bridgehead atoms. The van der Waals surface area contributed by atoms with Crippen LogP contribution in [0.2, 0.25) is 0 Å². The number of hydrogen-bond acceptors (Lipinski definition) is 2. The molecular formula is C25H24N2. The summed E-state index contributed by atoms with van der Waals surface area (Å²) in [4.78, 5) is 9.15. The zero-order chi connectivity index (χ0) is 19.0. The van der Waals surface area contributed by atoms with Crippen molar-refractivity contribution in [3.8, 4) is 11.3 Å². The first-order valence-electron chi connectivity index (χ1n) is 9.59. The van der Waals surface area contributed by atoms with Crippen molar-refractivity contribution >= 4 is 21.5 Å². The van der Waals surface area contributed by atoms with Crippen LogP contribution in [0.3, 0.4) is 0 Å². The lowest BCUT2D eigenvalue weighted by atomic mass is 9.68. The summed E-state index contributed by atoms with van der Waals surface area (Å²) >= 11 is 0. The number of aromatic nitrogens is 2. The molecule has 1 aliphatic carbocycles. The summed E-state index contributed by atoms with van der Waals surface area (Å²) in [5.41, 5.74) is 6.47. The van der Waals surface area contributed by atoms with Crippen molar-refractivity contribution in [3.63, 3.8) is 0 Å². The van der Waals surface area contributed by atoms with Gasteiger partial charge in [0.2, 0.25) is 0 Å². The topological polar surface area (TPSA) is 25.8 Å². The van der Waals surface area contributed by atoms with Gasteiger partial charge in [0.1, 0.15) is 0 Å². The summed E-state index contributed by atoms with van der Waals surface area (Å²) in [7, 11) is 0. The summed E-state index contributed by atoms with van der Waals surface area (Å²) in [5, 5.41) is 4.99.